The highest BCUT2D eigenvalue weighted by atomic mass is 16.3. The van der Waals surface area contributed by atoms with Gasteiger partial charge in [0.15, 0.2) is 6.10 Å². The highest BCUT2D eigenvalue weighted by Crippen LogP contribution is 2.27. The highest BCUT2D eigenvalue weighted by molar-refractivity contribution is 6.03. The first-order chi connectivity index (χ1) is 61.4. The molecule has 11 atom stereocenters. The Morgan fingerprint density at radius 2 is 0.752 bits per heavy atom. The lowest BCUT2D eigenvalue weighted by Crippen LogP contribution is -2.66. The molecule has 2 aliphatic rings. The number of aliphatic hydroxyl groups excluding tert-OH is 2. The van der Waals surface area contributed by atoms with E-state index in [0.717, 1.165) is 0 Å². The summed E-state index contributed by atoms with van der Waals surface area (Å²) in [7, 11) is 0. The molecule has 133 heavy (non-hydrogen) atoms. The summed E-state index contributed by atoms with van der Waals surface area (Å²) in [4.78, 5) is 276. The van der Waals surface area contributed by atoms with Crippen molar-refractivity contribution in [2.24, 2.45) is 17.8 Å². The lowest BCUT2D eigenvalue weighted by Gasteiger charge is -2.37. The van der Waals surface area contributed by atoms with Gasteiger partial charge >= 0.3 is 0 Å². The average Bonchev–Trinajstić information content (AvgIpc) is 1.71. The Labute approximate surface area is 781 Å². The third-order valence-corrected chi connectivity index (χ3v) is 23.0. The van der Waals surface area contributed by atoms with Crippen LogP contribution >= 0.6 is 0 Å². The molecular formula is C91H152N20O22. The molecule has 2 fully saturated rings. The predicted octanol–water partition coefficient (Wildman–Crippen LogP) is -1.76. The molecule has 0 aromatic heterocycles. The summed E-state index contributed by atoms with van der Waals surface area (Å²) in [6, 6.07) is -0.818. The van der Waals surface area contributed by atoms with Crippen molar-refractivity contribution in [1.29, 1.82) is 0 Å². The molecule has 2 saturated heterocycles. The van der Waals surface area contributed by atoms with Crippen molar-refractivity contribution in [1.82, 2.24) is 106 Å². The topological polar surface area (TPSA) is 605 Å². The SMILES string of the molecule is CC[C@@](C)(NC(=O)[C@H](CC(C)C)NC(=O)CCNC(=O)[C@H](O)C(C)(C)NC(=O)[C@H](C)NC(=O)[C@@H]1CCCN1C(=O)[C@@](C)(CC)NC(=O)[C@H](Cc1ccccc1)NC(=O)C(C)(C)NC(=O)C(C)(C)NC(=O)[C@H](C)NC(=O)[C@@H]1CCCN1C(=O)C(C)(C)NC(C)=O)C(=O)NCCC(=O)N[C@H](CC(C)C)C(=O)NC(C)(C)C(=O)NC(C)(C)C(=O)N[C@H](CC(C)C)C(=O)NCCC(=O)NCCO. The molecule has 0 unspecified atom stereocenters. The third-order valence-electron chi connectivity index (χ3n) is 23.0. The fourth-order valence-electron chi connectivity index (χ4n) is 14.5. The molecule has 0 spiro atoms. The maximum absolute atomic E-state index is 14.8. The number of hydrogen-bond donors (Lipinski definition) is 20. The Hall–Kier alpha value is -11.5. The van der Waals surface area contributed by atoms with Crippen LogP contribution in [0.25, 0.3) is 0 Å². The van der Waals surface area contributed by atoms with Crippen LogP contribution in [0.2, 0.25) is 0 Å². The molecule has 0 aliphatic carbocycles. The van der Waals surface area contributed by atoms with Crippen LogP contribution in [0.5, 0.6) is 0 Å². The van der Waals surface area contributed by atoms with Crippen LogP contribution in [0.3, 0.4) is 0 Å². The van der Waals surface area contributed by atoms with Crippen molar-refractivity contribution >= 4 is 118 Å². The maximum Gasteiger partial charge on any atom is 0.251 e. The highest BCUT2D eigenvalue weighted by Gasteiger charge is 2.49. The first-order valence-electron chi connectivity index (χ1n) is 45.8. The summed E-state index contributed by atoms with van der Waals surface area (Å²) in [6.45, 7) is 37.3. The molecule has 42 nitrogen and oxygen atoms in total. The number of amides is 20. The monoisotopic (exact) mass is 1880 g/mol. The zero-order valence-corrected chi connectivity index (χ0v) is 82.4. The molecule has 2 heterocycles. The fourth-order valence-corrected chi connectivity index (χ4v) is 14.5. The number of carbonyl (C=O) groups is 20. The van der Waals surface area contributed by atoms with Crippen molar-refractivity contribution in [3.05, 3.63) is 35.9 Å². The first kappa shape index (κ1) is 116. The molecule has 748 valence electrons. The van der Waals surface area contributed by atoms with Gasteiger partial charge in [-0.3, -0.25) is 95.9 Å². The summed E-state index contributed by atoms with van der Waals surface area (Å²) in [5, 5.41) is 67.7. The first-order valence-corrected chi connectivity index (χ1v) is 45.8. The van der Waals surface area contributed by atoms with E-state index < -0.39 is 223 Å². The van der Waals surface area contributed by atoms with E-state index in [1.165, 1.54) is 128 Å². The van der Waals surface area contributed by atoms with Gasteiger partial charge in [-0.1, -0.05) is 85.7 Å². The molecule has 2 aliphatic heterocycles. The summed E-state index contributed by atoms with van der Waals surface area (Å²) >= 11 is 0. The van der Waals surface area contributed by atoms with E-state index >= 15 is 0 Å². The number of rotatable bonds is 52. The minimum absolute atomic E-state index is 0.0186. The molecule has 20 amide bonds. The van der Waals surface area contributed by atoms with Crippen molar-refractivity contribution < 1.29 is 106 Å². The van der Waals surface area contributed by atoms with Crippen LogP contribution in [0.15, 0.2) is 30.3 Å². The van der Waals surface area contributed by atoms with Crippen LogP contribution in [0.1, 0.15) is 256 Å². The smallest absolute Gasteiger partial charge is 0.251 e. The van der Waals surface area contributed by atoms with Crippen LogP contribution in [-0.2, 0) is 102 Å². The minimum atomic E-state index is -1.95. The van der Waals surface area contributed by atoms with Crippen molar-refractivity contribution in [3.63, 3.8) is 0 Å². The van der Waals surface area contributed by atoms with Crippen molar-refractivity contribution in [2.75, 3.05) is 45.9 Å². The molecule has 1 aromatic rings. The molecule has 3 rings (SSSR count). The van der Waals surface area contributed by atoms with Crippen molar-refractivity contribution in [2.45, 2.75) is 355 Å². The van der Waals surface area contributed by atoms with Crippen molar-refractivity contribution in [3.8, 4) is 0 Å². The average molecular weight is 1880 g/mol. The Morgan fingerprint density at radius 3 is 1.19 bits per heavy atom. The molecule has 20 N–H and O–H groups in total. The quantitative estimate of drug-likeness (QED) is 0.0344. The maximum atomic E-state index is 14.8. The van der Waals surface area contributed by atoms with Gasteiger partial charge in [-0.05, 0) is 192 Å². The van der Waals surface area contributed by atoms with E-state index in [4.69, 9.17) is 5.11 Å². The molecule has 0 saturated carbocycles. The number of carbonyl (C=O) groups excluding carboxylic acids is 20. The number of nitrogens with zero attached hydrogens (tertiary/aromatic N) is 2. The Kier molecular flexibility index (Phi) is 44.0. The Balaban J connectivity index is 1.60. The second-order valence-electron chi connectivity index (χ2n) is 39.5. The van der Waals surface area contributed by atoms with Gasteiger partial charge in [0, 0.05) is 71.9 Å². The lowest BCUT2D eigenvalue weighted by atomic mass is 9.94. The third kappa shape index (κ3) is 36.1. The van der Waals surface area contributed by atoms with Gasteiger partial charge in [0.2, 0.25) is 112 Å². The van der Waals surface area contributed by atoms with Crippen LogP contribution < -0.4 is 95.7 Å². The zero-order chi connectivity index (χ0) is 102. The van der Waals surface area contributed by atoms with Gasteiger partial charge in [-0.25, -0.2) is 0 Å². The molecule has 0 radical (unpaired) electrons. The number of hydrogen-bond acceptors (Lipinski definition) is 22. The van der Waals surface area contributed by atoms with Gasteiger partial charge < -0.3 is 116 Å². The van der Waals surface area contributed by atoms with Gasteiger partial charge in [-0.15, -0.1) is 0 Å². The molecule has 0 bridgehead atoms. The van der Waals surface area contributed by atoms with Crippen LogP contribution in [0.4, 0.5) is 0 Å². The van der Waals surface area contributed by atoms with Crippen LogP contribution in [-0.4, -0.2) is 283 Å². The predicted molar refractivity (Wildman–Crippen MR) is 493 cm³/mol. The summed E-state index contributed by atoms with van der Waals surface area (Å²) in [5.41, 5.74) is -12.5. The Bertz CT molecular complexity index is 4320. The summed E-state index contributed by atoms with van der Waals surface area (Å²) in [5.74, 6) is -14.4. The molecule has 1 aromatic carbocycles. The summed E-state index contributed by atoms with van der Waals surface area (Å²) in [6.07, 6.45) is -1.14. The van der Waals surface area contributed by atoms with E-state index in [0.29, 0.717) is 24.8 Å². The number of benzene rings is 1. The fraction of sp³-hybridized carbons (Fsp3) is 0.714. The van der Waals surface area contributed by atoms with E-state index in [9.17, 15) is 101 Å². The van der Waals surface area contributed by atoms with E-state index in [2.05, 4.69) is 95.7 Å². The number of nitrogens with one attached hydrogen (secondary N) is 18. The molecular weight excluding hydrogens is 1730 g/mol. The van der Waals surface area contributed by atoms with Gasteiger partial charge in [-0.2, -0.15) is 0 Å². The second-order valence-corrected chi connectivity index (χ2v) is 39.5. The van der Waals surface area contributed by atoms with Gasteiger partial charge in [0.05, 0.1) is 12.1 Å². The minimum Gasteiger partial charge on any atom is -0.395 e. The van der Waals surface area contributed by atoms with E-state index in [1.807, 2.05) is 27.7 Å². The standard InChI is InChI=1S/C91H152N20O22/c1-26-90(24,81(131)95-42-39-66(116)98-59(48-52(5)6)71(121)105-88(20,21)80(130)109-85(14,15)77(127)100-58(47-51(3)4)70(120)93-40-37-64(114)92-43-46-112)106-72(122)60(49-53(7)8)99-65(115)38-41-94-76(126)67(117)84(12,13)103-68(118)54(9)96-75(125)63-36-32-45-111(63)83(133)91(25,27-2)107-73(123)61(50-57-33-29-28-30-34-57)101-78(128)86(16,17)108-79(129)87(18,19)104-69(119)55(10)97-74(124)62-35-31-44-110(62)82(132)89(22,23)102-56(11)113/h28-30,33-34,51-55,58-63,67,112,117H,26-27,31-32,35-50H2,1-25H3,(H,92,114)(H,93,120)(H,94,126)(H,95,131)(H,96,125)(H,97,124)(H,98,116)(H,99,115)(H,100,127)(H,101,128)(H,102,113)(H,103,118)(H,104,119)(H,105,121)(H,106,122)(H,107,123)(H,108,129)(H,109,130)/t54-,55-,58+,59+,60-,61-,62-,63-,67-,90+,91+/m0/s1. The largest absolute Gasteiger partial charge is 0.395 e. The van der Waals surface area contributed by atoms with Crippen LogP contribution in [0, 0.1) is 17.8 Å². The molecule has 42 heteroatoms. The Morgan fingerprint density at radius 1 is 0.376 bits per heavy atom. The second kappa shape index (κ2) is 50.6. The van der Waals surface area contributed by atoms with Gasteiger partial charge in [0.1, 0.15) is 87.1 Å². The number of likely N-dealkylation sites (tertiary alicyclic amines) is 2. The summed E-state index contributed by atoms with van der Waals surface area (Å²) < 4.78 is 0. The number of aliphatic hydroxyl groups is 2. The van der Waals surface area contributed by atoms with Gasteiger partial charge in [0.25, 0.3) is 5.91 Å². The zero-order valence-electron chi connectivity index (χ0n) is 82.4. The normalized spacial score (nSPS) is 16.7. The van der Waals surface area contributed by atoms with E-state index in [1.54, 1.807) is 58.0 Å². The van der Waals surface area contributed by atoms with E-state index in [-0.39, 0.29) is 121 Å². The lowest BCUT2D eigenvalue weighted by molar-refractivity contribution is -0.146.